The third kappa shape index (κ3) is 3.73. The van der Waals surface area contributed by atoms with Gasteiger partial charge >= 0.3 is 0 Å². The highest BCUT2D eigenvalue weighted by molar-refractivity contribution is 5.84. The quantitative estimate of drug-likeness (QED) is 0.417. The maximum Gasteiger partial charge on any atom is 0.280 e. The second-order valence-corrected chi connectivity index (χ2v) is 8.05. The van der Waals surface area contributed by atoms with E-state index in [9.17, 15) is 17.6 Å². The largest absolute Gasteiger partial charge is 0.322 e. The number of pyridine rings is 2. The number of rotatable bonds is 5. The Morgan fingerprint density at radius 1 is 0.969 bits per heavy atom. The molecule has 2 N–H and O–H groups in total. The average Bonchev–Trinajstić information content (AvgIpc) is 3.20. The number of hydrogen-bond acceptors (Lipinski definition) is 4. The van der Waals surface area contributed by atoms with E-state index in [0.717, 1.165) is 10.9 Å². The molecule has 0 radical (unpaired) electrons. The predicted molar refractivity (Wildman–Crippen MR) is 112 cm³/mol. The van der Waals surface area contributed by atoms with Crippen LogP contribution < -0.4 is 5.73 Å². The Labute approximate surface area is 180 Å². The first-order valence-electron chi connectivity index (χ1n) is 10.1. The number of fused-ring (bicyclic) bond motifs is 1. The summed E-state index contributed by atoms with van der Waals surface area (Å²) >= 11 is 0. The first-order valence-corrected chi connectivity index (χ1v) is 10.1. The summed E-state index contributed by atoms with van der Waals surface area (Å²) < 4.78 is 54.1. The molecule has 0 aliphatic heterocycles. The predicted octanol–water partition coefficient (Wildman–Crippen LogP) is 5.47. The van der Waals surface area contributed by atoms with Crippen LogP contribution in [0.1, 0.15) is 36.7 Å². The molecule has 0 bridgehead atoms. The number of hydrogen-bond donors (Lipinski definition) is 1. The lowest BCUT2D eigenvalue weighted by molar-refractivity contribution is -0.117. The molecule has 1 atom stereocenters. The van der Waals surface area contributed by atoms with Crippen LogP contribution in [-0.2, 0) is 0 Å². The van der Waals surface area contributed by atoms with Crippen LogP contribution in [0.2, 0.25) is 0 Å². The highest BCUT2D eigenvalue weighted by Gasteiger charge is 2.48. The van der Waals surface area contributed by atoms with Crippen molar-refractivity contribution in [1.29, 1.82) is 0 Å². The van der Waals surface area contributed by atoms with Crippen molar-refractivity contribution in [3.8, 4) is 17.1 Å². The van der Waals surface area contributed by atoms with Gasteiger partial charge < -0.3 is 5.73 Å². The van der Waals surface area contributed by atoms with Crippen LogP contribution >= 0.6 is 0 Å². The van der Waals surface area contributed by atoms with E-state index >= 15 is 0 Å². The maximum absolute atomic E-state index is 13.2. The molecule has 1 saturated carbocycles. The molecule has 164 valence electrons. The van der Waals surface area contributed by atoms with Gasteiger partial charge in [0.25, 0.3) is 6.43 Å². The molecule has 0 saturated heterocycles. The molecule has 5 nitrogen and oxygen atoms in total. The number of halogens is 4. The van der Waals surface area contributed by atoms with Crippen molar-refractivity contribution in [1.82, 2.24) is 19.7 Å². The first-order chi connectivity index (χ1) is 15.3. The van der Waals surface area contributed by atoms with Crippen LogP contribution in [0.25, 0.3) is 28.0 Å². The summed E-state index contributed by atoms with van der Waals surface area (Å²) in [6.07, 6.45) is -1.50. The minimum atomic E-state index is -2.68. The highest BCUT2D eigenvalue weighted by atomic mass is 19.3. The third-order valence-corrected chi connectivity index (χ3v) is 5.80. The summed E-state index contributed by atoms with van der Waals surface area (Å²) in [5.74, 6) is -2.66. The van der Waals surface area contributed by atoms with Crippen LogP contribution in [0.4, 0.5) is 17.6 Å². The lowest BCUT2D eigenvalue weighted by Gasteiger charge is -2.38. The minimum Gasteiger partial charge on any atom is -0.322 e. The molecule has 1 aromatic carbocycles. The van der Waals surface area contributed by atoms with E-state index in [1.165, 1.54) is 16.8 Å². The van der Waals surface area contributed by atoms with Gasteiger partial charge in [0.05, 0.1) is 29.1 Å². The Morgan fingerprint density at radius 3 is 2.47 bits per heavy atom. The van der Waals surface area contributed by atoms with Gasteiger partial charge in [0, 0.05) is 23.8 Å². The molecular formula is C23H19F4N5. The van der Waals surface area contributed by atoms with Crippen LogP contribution in [0, 0.1) is 5.92 Å². The molecular weight excluding hydrogens is 422 g/mol. The molecule has 9 heteroatoms. The second-order valence-electron chi connectivity index (χ2n) is 8.05. The van der Waals surface area contributed by atoms with Crippen molar-refractivity contribution < 1.29 is 17.6 Å². The Balaban J connectivity index is 1.49. The smallest absolute Gasteiger partial charge is 0.280 e. The number of alkyl halides is 4. The topological polar surface area (TPSA) is 69.6 Å². The lowest BCUT2D eigenvalue weighted by atomic mass is 9.75. The third-order valence-electron chi connectivity index (χ3n) is 5.80. The molecule has 4 aromatic rings. The molecule has 32 heavy (non-hydrogen) atoms. The van der Waals surface area contributed by atoms with Gasteiger partial charge in [-0.2, -0.15) is 5.10 Å². The fraction of sp³-hybridized carbons (Fsp3) is 0.261. The van der Waals surface area contributed by atoms with Gasteiger partial charge in [-0.05, 0) is 36.2 Å². The highest BCUT2D eigenvalue weighted by Crippen LogP contribution is 2.47. The first kappa shape index (κ1) is 20.6. The summed E-state index contributed by atoms with van der Waals surface area (Å²) in [5.41, 5.74) is 8.50. The number of nitrogens with two attached hydrogens (primary N) is 1. The zero-order valence-corrected chi connectivity index (χ0v) is 16.8. The summed E-state index contributed by atoms with van der Waals surface area (Å²) in [7, 11) is 0. The van der Waals surface area contributed by atoms with E-state index in [4.69, 9.17) is 5.73 Å². The zero-order chi connectivity index (χ0) is 22.5. The Kier molecular flexibility index (Phi) is 4.93. The van der Waals surface area contributed by atoms with Crippen molar-refractivity contribution in [3.63, 3.8) is 0 Å². The number of benzene rings is 1. The van der Waals surface area contributed by atoms with E-state index in [1.807, 2.05) is 24.3 Å². The zero-order valence-electron chi connectivity index (χ0n) is 16.8. The average molecular weight is 441 g/mol. The molecule has 1 fully saturated rings. The van der Waals surface area contributed by atoms with Gasteiger partial charge in [-0.15, -0.1) is 0 Å². The number of aromatic nitrogens is 4. The summed E-state index contributed by atoms with van der Waals surface area (Å²) in [6.45, 7) is 0. The van der Waals surface area contributed by atoms with E-state index in [-0.39, 0.29) is 30.3 Å². The summed E-state index contributed by atoms with van der Waals surface area (Å²) in [6, 6.07) is 14.7. The Hall–Kier alpha value is -3.33. The fourth-order valence-corrected chi connectivity index (χ4v) is 4.04. The molecule has 0 amide bonds. The Morgan fingerprint density at radius 2 is 1.72 bits per heavy atom. The second kappa shape index (κ2) is 7.67. The standard InChI is InChI=1S/C23H19F4N5/c24-22(25)18-5-2-6-20(31-18)32-19-9-13(7-8-14(19)12-29-32)16-3-1-4-17(30-16)21(28)15-10-23(26,27)11-15/h1-9,12,15,21-22H,10-11,28H2. The van der Waals surface area contributed by atoms with E-state index in [2.05, 4.69) is 15.1 Å². The van der Waals surface area contributed by atoms with Gasteiger partial charge in [-0.25, -0.2) is 27.2 Å². The normalized spacial score (nSPS) is 16.9. The van der Waals surface area contributed by atoms with E-state index in [1.54, 1.807) is 24.4 Å². The Bertz CT molecular complexity index is 1280. The monoisotopic (exact) mass is 441 g/mol. The summed E-state index contributed by atoms with van der Waals surface area (Å²) in [5, 5.41) is 5.11. The van der Waals surface area contributed by atoms with Crippen molar-refractivity contribution in [3.05, 3.63) is 72.2 Å². The molecule has 0 spiro atoms. The maximum atomic E-state index is 13.2. The van der Waals surface area contributed by atoms with Crippen LogP contribution in [0.3, 0.4) is 0 Å². The number of nitrogens with zero attached hydrogens (tertiary/aromatic N) is 4. The summed E-state index contributed by atoms with van der Waals surface area (Å²) in [4.78, 5) is 8.62. The molecule has 5 rings (SSSR count). The molecule has 1 unspecified atom stereocenters. The lowest BCUT2D eigenvalue weighted by Crippen LogP contribution is -2.41. The van der Waals surface area contributed by atoms with Gasteiger partial charge in [0.1, 0.15) is 5.69 Å². The van der Waals surface area contributed by atoms with Crippen LogP contribution in [0.15, 0.2) is 60.8 Å². The molecule has 3 aromatic heterocycles. The molecule has 3 heterocycles. The van der Waals surface area contributed by atoms with Gasteiger partial charge in [-0.1, -0.05) is 24.3 Å². The van der Waals surface area contributed by atoms with Crippen LogP contribution in [-0.4, -0.2) is 25.7 Å². The minimum absolute atomic E-state index is 0.226. The van der Waals surface area contributed by atoms with Crippen molar-refractivity contribution >= 4 is 10.9 Å². The van der Waals surface area contributed by atoms with Gasteiger partial charge in [0.2, 0.25) is 5.92 Å². The van der Waals surface area contributed by atoms with Crippen molar-refractivity contribution in [2.45, 2.75) is 31.2 Å². The SMILES string of the molecule is NC(c1cccc(-c2ccc3cnn(-c4cccc(C(F)F)n4)c3c2)n1)C1CC(F)(F)C1. The van der Waals surface area contributed by atoms with Gasteiger partial charge in [-0.3, -0.25) is 4.98 Å². The molecule has 1 aliphatic carbocycles. The van der Waals surface area contributed by atoms with Crippen molar-refractivity contribution in [2.24, 2.45) is 11.7 Å². The van der Waals surface area contributed by atoms with Gasteiger partial charge in [0.15, 0.2) is 5.82 Å². The van der Waals surface area contributed by atoms with E-state index in [0.29, 0.717) is 16.9 Å². The van der Waals surface area contributed by atoms with E-state index < -0.39 is 18.4 Å². The molecule has 1 aliphatic rings. The van der Waals surface area contributed by atoms with Crippen LogP contribution in [0.5, 0.6) is 0 Å². The fourth-order valence-electron chi connectivity index (χ4n) is 4.04. The van der Waals surface area contributed by atoms with Crippen molar-refractivity contribution in [2.75, 3.05) is 0 Å².